The van der Waals surface area contributed by atoms with Gasteiger partial charge < -0.3 is 5.32 Å². The van der Waals surface area contributed by atoms with Gasteiger partial charge in [-0.2, -0.15) is 0 Å². The summed E-state index contributed by atoms with van der Waals surface area (Å²) in [4.78, 5) is 11.0. The van der Waals surface area contributed by atoms with E-state index in [9.17, 15) is 4.79 Å². The highest BCUT2D eigenvalue weighted by Gasteiger charge is 2.20. The third kappa shape index (κ3) is 7.03. The number of carbonyl (C=O) groups excluding carboxylic acids is 1. The number of unbranched alkanes of at least 4 members (excludes halogenated alkanes) is 5. The van der Waals surface area contributed by atoms with Crippen molar-refractivity contribution >= 4 is 5.91 Å². The van der Waals surface area contributed by atoms with Gasteiger partial charge >= 0.3 is 0 Å². The molecule has 1 rings (SSSR count). The molecule has 0 saturated heterocycles. The number of carbonyl (C=O) groups is 1. The Morgan fingerprint density at radius 3 is 2.22 bits per heavy atom. The Morgan fingerprint density at radius 2 is 1.61 bits per heavy atom. The number of nitrogens with one attached hydrogen (secondary N) is 1. The molecular formula is C16H31NO. The normalized spacial score (nSPS) is 23.9. The molecule has 0 bridgehead atoms. The molecule has 0 aliphatic heterocycles. The fourth-order valence-corrected chi connectivity index (χ4v) is 3.10. The predicted octanol–water partition coefficient (Wildman–Crippen LogP) is 4.43. The molecule has 0 aromatic carbocycles. The van der Waals surface area contributed by atoms with E-state index in [2.05, 4.69) is 12.2 Å². The number of amides is 1. The van der Waals surface area contributed by atoms with Crippen LogP contribution in [0.4, 0.5) is 0 Å². The maximum absolute atomic E-state index is 11.0. The molecule has 1 N–H and O–H groups in total. The zero-order valence-electron chi connectivity index (χ0n) is 12.3. The highest BCUT2D eigenvalue weighted by Crippen LogP contribution is 2.28. The summed E-state index contributed by atoms with van der Waals surface area (Å²) in [7, 11) is 0. The van der Waals surface area contributed by atoms with E-state index in [1.807, 2.05) is 0 Å². The van der Waals surface area contributed by atoms with Crippen molar-refractivity contribution in [3.05, 3.63) is 0 Å². The SMILES string of the molecule is CCCCCCCCC1CCC(NC(C)=O)CC1. The number of hydrogen-bond acceptors (Lipinski definition) is 1. The van der Waals surface area contributed by atoms with Crippen molar-refractivity contribution in [1.29, 1.82) is 0 Å². The molecule has 1 aliphatic rings. The Morgan fingerprint density at radius 1 is 1.00 bits per heavy atom. The lowest BCUT2D eigenvalue weighted by Crippen LogP contribution is -2.36. The van der Waals surface area contributed by atoms with Crippen LogP contribution in [0, 0.1) is 5.92 Å². The Labute approximate surface area is 113 Å². The molecule has 1 saturated carbocycles. The molecule has 1 fully saturated rings. The first-order valence-corrected chi connectivity index (χ1v) is 7.99. The lowest BCUT2D eigenvalue weighted by Gasteiger charge is -2.28. The average molecular weight is 253 g/mol. The highest BCUT2D eigenvalue weighted by molar-refractivity contribution is 5.73. The molecule has 2 nitrogen and oxygen atoms in total. The molecule has 0 atom stereocenters. The van der Waals surface area contributed by atoms with Gasteiger partial charge in [-0.25, -0.2) is 0 Å². The van der Waals surface area contributed by atoms with Crippen LogP contribution in [-0.4, -0.2) is 11.9 Å². The van der Waals surface area contributed by atoms with E-state index in [4.69, 9.17) is 0 Å². The van der Waals surface area contributed by atoms with Crippen LogP contribution in [0.1, 0.15) is 84.5 Å². The fourth-order valence-electron chi connectivity index (χ4n) is 3.10. The van der Waals surface area contributed by atoms with Gasteiger partial charge in [0.2, 0.25) is 5.91 Å². The number of rotatable bonds is 8. The summed E-state index contributed by atoms with van der Waals surface area (Å²) in [5.74, 6) is 1.07. The van der Waals surface area contributed by atoms with Gasteiger partial charge in [-0.15, -0.1) is 0 Å². The standard InChI is InChI=1S/C16H31NO/c1-3-4-5-6-7-8-9-15-10-12-16(13-11-15)17-14(2)18/h15-16H,3-13H2,1-2H3,(H,17,18). The topological polar surface area (TPSA) is 29.1 Å². The molecule has 0 heterocycles. The summed E-state index contributed by atoms with van der Waals surface area (Å²) in [6, 6.07) is 0.461. The average Bonchev–Trinajstić information content (AvgIpc) is 2.35. The summed E-state index contributed by atoms with van der Waals surface area (Å²) in [5, 5.41) is 3.05. The minimum atomic E-state index is 0.134. The molecule has 18 heavy (non-hydrogen) atoms. The van der Waals surface area contributed by atoms with Gasteiger partial charge in [0.1, 0.15) is 0 Å². The van der Waals surface area contributed by atoms with Crippen LogP contribution in [0.15, 0.2) is 0 Å². The smallest absolute Gasteiger partial charge is 0.217 e. The molecular weight excluding hydrogens is 222 g/mol. The van der Waals surface area contributed by atoms with Crippen molar-refractivity contribution in [3.63, 3.8) is 0 Å². The van der Waals surface area contributed by atoms with Gasteiger partial charge in [0.25, 0.3) is 0 Å². The lowest BCUT2D eigenvalue weighted by molar-refractivity contribution is -0.119. The molecule has 0 aromatic rings. The van der Waals surface area contributed by atoms with Crippen molar-refractivity contribution < 1.29 is 4.79 Å². The van der Waals surface area contributed by atoms with Gasteiger partial charge in [-0.05, 0) is 31.6 Å². The molecule has 1 aliphatic carbocycles. The van der Waals surface area contributed by atoms with E-state index in [1.54, 1.807) is 6.92 Å². The van der Waals surface area contributed by atoms with Crippen molar-refractivity contribution in [2.45, 2.75) is 90.5 Å². The van der Waals surface area contributed by atoms with Crippen molar-refractivity contribution in [2.75, 3.05) is 0 Å². The van der Waals surface area contributed by atoms with Crippen molar-refractivity contribution in [1.82, 2.24) is 5.32 Å². The summed E-state index contributed by atoms with van der Waals surface area (Å²) < 4.78 is 0. The van der Waals surface area contributed by atoms with E-state index < -0.39 is 0 Å². The van der Waals surface area contributed by atoms with E-state index in [1.165, 1.54) is 70.6 Å². The minimum absolute atomic E-state index is 0.134. The molecule has 1 amide bonds. The predicted molar refractivity (Wildman–Crippen MR) is 77.6 cm³/mol. The molecule has 0 radical (unpaired) electrons. The summed E-state index contributed by atoms with van der Waals surface area (Å²) >= 11 is 0. The Bertz CT molecular complexity index is 219. The Hall–Kier alpha value is -0.530. The van der Waals surface area contributed by atoms with Crippen LogP contribution in [0.25, 0.3) is 0 Å². The van der Waals surface area contributed by atoms with Gasteiger partial charge in [-0.1, -0.05) is 51.9 Å². The van der Waals surface area contributed by atoms with Crippen LogP contribution >= 0.6 is 0 Å². The van der Waals surface area contributed by atoms with Gasteiger partial charge in [-0.3, -0.25) is 4.79 Å². The first-order valence-electron chi connectivity index (χ1n) is 7.99. The first kappa shape index (κ1) is 15.5. The third-order valence-electron chi connectivity index (χ3n) is 4.22. The zero-order chi connectivity index (χ0) is 13.2. The summed E-state index contributed by atoms with van der Waals surface area (Å²) in [6.07, 6.45) is 14.9. The van der Waals surface area contributed by atoms with Crippen LogP contribution in [-0.2, 0) is 4.79 Å². The van der Waals surface area contributed by atoms with Crippen molar-refractivity contribution in [3.8, 4) is 0 Å². The van der Waals surface area contributed by atoms with E-state index in [0.717, 1.165) is 5.92 Å². The largest absolute Gasteiger partial charge is 0.354 e. The summed E-state index contributed by atoms with van der Waals surface area (Å²) in [6.45, 7) is 3.90. The van der Waals surface area contributed by atoms with Gasteiger partial charge in [0, 0.05) is 13.0 Å². The highest BCUT2D eigenvalue weighted by atomic mass is 16.1. The maximum Gasteiger partial charge on any atom is 0.217 e. The zero-order valence-corrected chi connectivity index (χ0v) is 12.3. The Kier molecular flexibility index (Phi) is 8.11. The second-order valence-corrected chi connectivity index (χ2v) is 5.97. The molecule has 0 spiro atoms. The summed E-state index contributed by atoms with van der Waals surface area (Å²) in [5.41, 5.74) is 0. The van der Waals surface area contributed by atoms with Gasteiger partial charge in [0.15, 0.2) is 0 Å². The lowest BCUT2D eigenvalue weighted by atomic mass is 9.83. The first-order chi connectivity index (χ1) is 8.72. The number of hydrogen-bond donors (Lipinski definition) is 1. The molecule has 2 heteroatoms. The van der Waals surface area contributed by atoms with E-state index >= 15 is 0 Å². The monoisotopic (exact) mass is 253 g/mol. The van der Waals surface area contributed by atoms with Gasteiger partial charge in [0.05, 0.1) is 0 Å². The molecule has 0 aromatic heterocycles. The molecule has 106 valence electrons. The van der Waals surface area contributed by atoms with Crippen LogP contribution in [0.2, 0.25) is 0 Å². The second kappa shape index (κ2) is 9.41. The molecule has 0 unspecified atom stereocenters. The van der Waals surface area contributed by atoms with Crippen LogP contribution < -0.4 is 5.32 Å². The maximum atomic E-state index is 11.0. The second-order valence-electron chi connectivity index (χ2n) is 5.97. The Balaban J connectivity index is 1.97. The van der Waals surface area contributed by atoms with E-state index in [0.29, 0.717) is 6.04 Å². The van der Waals surface area contributed by atoms with Crippen LogP contribution in [0.3, 0.4) is 0 Å². The van der Waals surface area contributed by atoms with Crippen LogP contribution in [0.5, 0.6) is 0 Å². The van der Waals surface area contributed by atoms with E-state index in [-0.39, 0.29) is 5.91 Å². The van der Waals surface area contributed by atoms with Crippen molar-refractivity contribution in [2.24, 2.45) is 5.92 Å². The fraction of sp³-hybridized carbons (Fsp3) is 0.938. The minimum Gasteiger partial charge on any atom is -0.354 e. The third-order valence-corrected chi connectivity index (χ3v) is 4.22. The quantitative estimate of drug-likeness (QED) is 0.637.